The molecule has 0 aromatic carbocycles. The summed E-state index contributed by atoms with van der Waals surface area (Å²) in [5.41, 5.74) is 0. The van der Waals surface area contributed by atoms with Crippen LogP contribution in [0.4, 0.5) is 0 Å². The van der Waals surface area contributed by atoms with Gasteiger partial charge in [0.1, 0.15) is 6.10 Å². The van der Waals surface area contributed by atoms with Crippen molar-refractivity contribution < 1.29 is 23.4 Å². The Morgan fingerprint density at radius 2 is 1.79 bits per heavy atom. The summed E-state index contributed by atoms with van der Waals surface area (Å²) in [6, 6.07) is -0.640. The van der Waals surface area contributed by atoms with Gasteiger partial charge in [0.15, 0.2) is 0 Å². The molecule has 4 N–H and O–H groups in total. The second kappa shape index (κ2) is 13.6. The molecule has 0 saturated heterocycles. The number of carbonyl (C=O) groups excluding carboxylic acids is 1. The lowest BCUT2D eigenvalue weighted by atomic mass is 9.83. The predicted octanol–water partition coefficient (Wildman–Crippen LogP) is 2.32. The van der Waals surface area contributed by atoms with Crippen LogP contribution in [0, 0.1) is 11.8 Å². The highest BCUT2D eigenvalue weighted by atomic mass is 32.2. The van der Waals surface area contributed by atoms with Crippen molar-refractivity contribution >= 4 is 15.9 Å². The van der Waals surface area contributed by atoms with Crippen LogP contribution in [0.2, 0.25) is 0 Å². The topological polar surface area (TPSA) is 116 Å². The molecule has 8 heteroatoms. The van der Waals surface area contributed by atoms with Gasteiger partial charge in [-0.05, 0) is 31.1 Å². The molecule has 0 unspecified atom stereocenters. The van der Waals surface area contributed by atoms with Crippen LogP contribution in [0.5, 0.6) is 0 Å². The number of hydrogen-bond donors (Lipinski definition) is 4. The third-order valence-corrected chi connectivity index (χ3v) is 7.08. The number of nitrogens with one attached hydrogen (secondary N) is 2. The third kappa shape index (κ3) is 11.3. The molecule has 1 fully saturated rings. The van der Waals surface area contributed by atoms with E-state index >= 15 is 0 Å². The largest absolute Gasteiger partial charge is 0.389 e. The number of amides is 1. The number of aliphatic hydroxyl groups is 2. The molecular formula is C21H42N2O5S. The molecule has 1 rings (SSSR count). The van der Waals surface area contributed by atoms with E-state index < -0.39 is 34.0 Å². The van der Waals surface area contributed by atoms with Gasteiger partial charge < -0.3 is 15.5 Å². The van der Waals surface area contributed by atoms with E-state index in [-0.39, 0.29) is 5.91 Å². The van der Waals surface area contributed by atoms with Crippen molar-refractivity contribution in [2.45, 2.75) is 103 Å². The van der Waals surface area contributed by atoms with Crippen molar-refractivity contribution in [2.24, 2.45) is 11.8 Å². The van der Waals surface area contributed by atoms with Crippen molar-refractivity contribution in [2.75, 3.05) is 12.3 Å². The van der Waals surface area contributed by atoms with Gasteiger partial charge in [-0.3, -0.25) is 4.79 Å². The van der Waals surface area contributed by atoms with Crippen LogP contribution in [0.25, 0.3) is 0 Å². The minimum absolute atomic E-state index is 0.158. The molecule has 0 spiro atoms. The molecule has 1 amide bonds. The molecule has 1 saturated carbocycles. The molecule has 1 aliphatic rings. The van der Waals surface area contributed by atoms with Gasteiger partial charge in [-0.25, -0.2) is 13.1 Å². The summed E-state index contributed by atoms with van der Waals surface area (Å²) in [5, 5.41) is 24.0. The number of sulfonamides is 1. The molecule has 0 radical (unpaired) electrons. The first-order chi connectivity index (χ1) is 13.6. The fraction of sp³-hybridized carbons (Fsp3) is 0.952. The average molecular weight is 435 g/mol. The maximum Gasteiger partial charge on any atom is 0.220 e. The van der Waals surface area contributed by atoms with Crippen molar-refractivity contribution in [1.29, 1.82) is 0 Å². The Kier molecular flexibility index (Phi) is 12.3. The summed E-state index contributed by atoms with van der Waals surface area (Å²) in [7, 11) is -3.69. The van der Waals surface area contributed by atoms with E-state index in [1.807, 2.05) is 20.8 Å². The Hall–Kier alpha value is -0.700. The van der Waals surface area contributed by atoms with Crippen LogP contribution in [-0.4, -0.2) is 55.1 Å². The maximum atomic E-state index is 12.4. The quantitative estimate of drug-likeness (QED) is 0.313. The van der Waals surface area contributed by atoms with Crippen LogP contribution in [0.3, 0.4) is 0 Å². The monoisotopic (exact) mass is 434 g/mol. The second-order valence-corrected chi connectivity index (χ2v) is 10.8. The van der Waals surface area contributed by atoms with Crippen LogP contribution in [-0.2, 0) is 14.8 Å². The van der Waals surface area contributed by atoms with E-state index in [0.29, 0.717) is 37.6 Å². The Morgan fingerprint density at radius 1 is 1.14 bits per heavy atom. The lowest BCUT2D eigenvalue weighted by Gasteiger charge is -2.32. The molecule has 0 aliphatic heterocycles. The van der Waals surface area contributed by atoms with E-state index in [4.69, 9.17) is 0 Å². The van der Waals surface area contributed by atoms with Crippen LogP contribution in [0.15, 0.2) is 0 Å². The summed E-state index contributed by atoms with van der Waals surface area (Å²) >= 11 is 0. The Morgan fingerprint density at radius 3 is 2.38 bits per heavy atom. The number of unbranched alkanes of at least 4 members (excludes halogenated alkanes) is 1. The predicted molar refractivity (Wildman–Crippen MR) is 116 cm³/mol. The molecule has 0 aromatic heterocycles. The van der Waals surface area contributed by atoms with Crippen molar-refractivity contribution in [1.82, 2.24) is 10.0 Å². The molecule has 3 atom stereocenters. The standard InChI is InChI=1S/C21H42N2O5S/c1-4-5-13-22-29(27,28)15-19(24)21(26)18(14-17-9-7-6-8-10-17)23-20(25)12-11-16(2)3/h16-19,21-22,24,26H,4-15H2,1-3H3,(H,23,25)/t18-,19-,21+/m0/s1. The summed E-state index contributed by atoms with van der Waals surface area (Å²) in [5.74, 6) is 0.0448. The lowest BCUT2D eigenvalue weighted by molar-refractivity contribution is -0.123. The Labute approximate surface area is 177 Å². The highest BCUT2D eigenvalue weighted by Crippen LogP contribution is 2.28. The Balaban J connectivity index is 2.73. The van der Waals surface area contributed by atoms with E-state index in [9.17, 15) is 23.4 Å². The number of carbonyl (C=O) groups is 1. The van der Waals surface area contributed by atoms with Gasteiger partial charge in [-0.2, -0.15) is 0 Å². The highest BCUT2D eigenvalue weighted by Gasteiger charge is 2.33. The molecule has 0 aromatic rings. The molecule has 29 heavy (non-hydrogen) atoms. The first kappa shape index (κ1) is 26.3. The fourth-order valence-corrected chi connectivity index (χ4v) is 5.04. The summed E-state index contributed by atoms with van der Waals surface area (Å²) in [6.45, 7) is 6.37. The first-order valence-corrected chi connectivity index (χ1v) is 12.9. The van der Waals surface area contributed by atoms with E-state index in [1.165, 1.54) is 6.42 Å². The third-order valence-electron chi connectivity index (χ3n) is 5.66. The normalized spacial score (nSPS) is 19.1. The fourth-order valence-electron chi connectivity index (χ4n) is 3.82. The summed E-state index contributed by atoms with van der Waals surface area (Å²) < 4.78 is 26.8. The highest BCUT2D eigenvalue weighted by molar-refractivity contribution is 7.89. The van der Waals surface area contributed by atoms with E-state index in [1.54, 1.807) is 0 Å². The minimum Gasteiger partial charge on any atom is -0.389 e. The molecule has 172 valence electrons. The number of aliphatic hydroxyl groups excluding tert-OH is 2. The van der Waals surface area contributed by atoms with Crippen molar-refractivity contribution in [3.05, 3.63) is 0 Å². The average Bonchev–Trinajstić information content (AvgIpc) is 2.65. The molecule has 0 bridgehead atoms. The number of hydrogen-bond acceptors (Lipinski definition) is 5. The lowest BCUT2D eigenvalue weighted by Crippen LogP contribution is -2.52. The van der Waals surface area contributed by atoms with Crippen LogP contribution < -0.4 is 10.0 Å². The summed E-state index contributed by atoms with van der Waals surface area (Å²) in [4.78, 5) is 12.4. The SMILES string of the molecule is CCCCNS(=O)(=O)C[C@H](O)[C@H](O)[C@H](CC1CCCCC1)NC(=O)CCC(C)C. The van der Waals surface area contributed by atoms with Gasteiger partial charge in [0.2, 0.25) is 15.9 Å². The van der Waals surface area contributed by atoms with E-state index in [2.05, 4.69) is 10.0 Å². The minimum atomic E-state index is -3.69. The molecule has 0 heterocycles. The van der Waals surface area contributed by atoms with Crippen molar-refractivity contribution in [3.63, 3.8) is 0 Å². The smallest absolute Gasteiger partial charge is 0.220 e. The van der Waals surface area contributed by atoms with Crippen LogP contribution >= 0.6 is 0 Å². The summed E-state index contributed by atoms with van der Waals surface area (Å²) in [6.07, 6.45) is 6.03. The molecule has 1 aliphatic carbocycles. The maximum absolute atomic E-state index is 12.4. The van der Waals surface area contributed by atoms with Crippen molar-refractivity contribution in [3.8, 4) is 0 Å². The van der Waals surface area contributed by atoms with E-state index in [0.717, 1.165) is 38.5 Å². The van der Waals surface area contributed by atoms with Crippen LogP contribution in [0.1, 0.15) is 85.0 Å². The second-order valence-electron chi connectivity index (χ2n) is 8.93. The number of rotatable bonds is 14. The van der Waals surface area contributed by atoms with Gasteiger partial charge in [0, 0.05) is 13.0 Å². The zero-order valence-electron chi connectivity index (χ0n) is 18.4. The van der Waals surface area contributed by atoms with Gasteiger partial charge in [-0.15, -0.1) is 0 Å². The molecule has 7 nitrogen and oxygen atoms in total. The zero-order valence-corrected chi connectivity index (χ0v) is 19.2. The van der Waals surface area contributed by atoms with Gasteiger partial charge in [-0.1, -0.05) is 59.3 Å². The van der Waals surface area contributed by atoms with Gasteiger partial charge in [0.05, 0.1) is 17.9 Å². The first-order valence-electron chi connectivity index (χ1n) is 11.3. The Bertz CT molecular complexity index is 561. The van der Waals surface area contributed by atoms with Gasteiger partial charge in [0.25, 0.3) is 0 Å². The molecular weight excluding hydrogens is 392 g/mol. The van der Waals surface area contributed by atoms with Gasteiger partial charge >= 0.3 is 0 Å². The zero-order chi connectivity index (χ0) is 21.9.